The van der Waals surface area contributed by atoms with Crippen LogP contribution in [0.5, 0.6) is 17.6 Å². The van der Waals surface area contributed by atoms with Gasteiger partial charge >= 0.3 is 6.01 Å². The summed E-state index contributed by atoms with van der Waals surface area (Å²) < 4.78 is 11.2. The molecule has 0 bridgehead atoms. The van der Waals surface area contributed by atoms with Gasteiger partial charge in [-0.2, -0.15) is 4.98 Å². The van der Waals surface area contributed by atoms with Crippen molar-refractivity contribution in [3.05, 3.63) is 39.5 Å². The molecule has 0 aliphatic carbocycles. The number of nitrogens with zero attached hydrogens (tertiary/aromatic N) is 2. The first-order valence-corrected chi connectivity index (χ1v) is 6.28. The van der Waals surface area contributed by atoms with E-state index in [4.69, 9.17) is 21.1 Å². The molecule has 18 heavy (non-hydrogen) atoms. The Hall–Kier alpha value is -1.33. The van der Waals surface area contributed by atoms with Crippen molar-refractivity contribution in [3.8, 4) is 17.6 Å². The van der Waals surface area contributed by atoms with Gasteiger partial charge in [-0.1, -0.05) is 17.7 Å². The molecule has 4 nitrogen and oxygen atoms in total. The van der Waals surface area contributed by atoms with E-state index in [1.807, 2.05) is 19.1 Å². The summed E-state index contributed by atoms with van der Waals surface area (Å²) in [7, 11) is 1.52. The molecule has 6 heteroatoms. The fourth-order valence-electron chi connectivity index (χ4n) is 1.32. The van der Waals surface area contributed by atoms with Crippen molar-refractivity contribution in [1.82, 2.24) is 9.97 Å². The van der Waals surface area contributed by atoms with Gasteiger partial charge in [-0.25, -0.2) is 4.98 Å². The van der Waals surface area contributed by atoms with Crippen molar-refractivity contribution in [2.24, 2.45) is 0 Å². The zero-order valence-electron chi connectivity index (χ0n) is 9.78. The molecule has 0 aliphatic rings. The Morgan fingerprint density at radius 1 is 1.33 bits per heavy atom. The molecule has 0 saturated heterocycles. The summed E-state index contributed by atoms with van der Waals surface area (Å²) in [4.78, 5) is 8.12. The van der Waals surface area contributed by atoms with Gasteiger partial charge in [-0.15, -0.1) is 0 Å². The van der Waals surface area contributed by atoms with Crippen LogP contribution in [0, 0.1) is 6.92 Å². The number of aromatic nitrogens is 2. The molecular formula is C12H10BrClN2O2. The zero-order chi connectivity index (χ0) is 13.1. The molecule has 1 aromatic heterocycles. The smallest absolute Gasteiger partial charge is 0.325 e. The first kappa shape index (κ1) is 13.1. The third-order valence-electron chi connectivity index (χ3n) is 2.17. The number of halogens is 2. The van der Waals surface area contributed by atoms with Crippen LogP contribution in [0.4, 0.5) is 0 Å². The van der Waals surface area contributed by atoms with Crippen molar-refractivity contribution in [2.45, 2.75) is 6.92 Å². The Morgan fingerprint density at radius 3 is 2.78 bits per heavy atom. The molecule has 0 atom stereocenters. The number of hydrogen-bond acceptors (Lipinski definition) is 4. The van der Waals surface area contributed by atoms with E-state index >= 15 is 0 Å². The number of benzene rings is 1. The fraction of sp³-hybridized carbons (Fsp3) is 0.167. The third kappa shape index (κ3) is 2.91. The molecule has 1 heterocycles. The summed E-state index contributed by atoms with van der Waals surface area (Å²) in [5, 5.41) is 0.514. The van der Waals surface area contributed by atoms with Crippen LogP contribution in [0.15, 0.2) is 28.9 Å². The van der Waals surface area contributed by atoms with Gasteiger partial charge in [0.05, 0.1) is 22.8 Å². The van der Waals surface area contributed by atoms with Crippen LogP contribution in [0.3, 0.4) is 0 Å². The molecule has 2 rings (SSSR count). The summed E-state index contributed by atoms with van der Waals surface area (Å²) >= 11 is 9.33. The average Bonchev–Trinajstić information content (AvgIpc) is 2.35. The van der Waals surface area contributed by atoms with E-state index in [9.17, 15) is 0 Å². The Kier molecular flexibility index (Phi) is 4.04. The van der Waals surface area contributed by atoms with Crippen molar-refractivity contribution in [1.29, 1.82) is 0 Å². The SMILES string of the molecule is COc1nc(Oc2ccc(C)cc2Cl)ncc1Br. The number of methoxy groups -OCH3 is 1. The van der Waals surface area contributed by atoms with Gasteiger partial charge in [0, 0.05) is 0 Å². The molecule has 2 aromatic rings. The largest absolute Gasteiger partial charge is 0.480 e. The van der Waals surface area contributed by atoms with Crippen molar-refractivity contribution in [3.63, 3.8) is 0 Å². The highest BCUT2D eigenvalue weighted by Gasteiger charge is 2.09. The van der Waals surface area contributed by atoms with Crippen molar-refractivity contribution in [2.75, 3.05) is 7.11 Å². The summed E-state index contributed by atoms with van der Waals surface area (Å²) in [5.41, 5.74) is 1.06. The minimum absolute atomic E-state index is 0.181. The maximum absolute atomic E-state index is 6.06. The maximum Gasteiger partial charge on any atom is 0.325 e. The predicted molar refractivity (Wildman–Crippen MR) is 72.5 cm³/mol. The molecule has 0 N–H and O–H groups in total. The van der Waals surface area contributed by atoms with Crippen LogP contribution in [0.2, 0.25) is 5.02 Å². The van der Waals surface area contributed by atoms with E-state index in [1.54, 1.807) is 12.3 Å². The lowest BCUT2D eigenvalue weighted by Crippen LogP contribution is -1.96. The molecule has 0 unspecified atom stereocenters. The predicted octanol–water partition coefficient (Wildman–Crippen LogP) is 4.00. The standard InChI is InChI=1S/C12H10BrClN2O2/c1-7-3-4-10(9(14)5-7)18-12-15-6-8(13)11(16-12)17-2/h3-6H,1-2H3. The third-order valence-corrected chi connectivity index (χ3v) is 3.01. The number of aryl methyl sites for hydroxylation is 1. The van der Waals surface area contributed by atoms with E-state index in [0.29, 0.717) is 21.1 Å². The Balaban J connectivity index is 2.28. The second kappa shape index (κ2) is 5.54. The van der Waals surface area contributed by atoms with Crippen LogP contribution >= 0.6 is 27.5 Å². The molecule has 0 aliphatic heterocycles. The fourth-order valence-corrected chi connectivity index (χ4v) is 1.94. The van der Waals surface area contributed by atoms with Gasteiger partial charge in [-0.05, 0) is 40.5 Å². The quantitative estimate of drug-likeness (QED) is 0.853. The lowest BCUT2D eigenvalue weighted by atomic mass is 10.2. The normalized spacial score (nSPS) is 10.2. The number of rotatable bonds is 3. The molecular weight excluding hydrogens is 320 g/mol. The summed E-state index contributed by atoms with van der Waals surface area (Å²) in [6.07, 6.45) is 1.56. The lowest BCUT2D eigenvalue weighted by molar-refractivity contribution is 0.373. The Labute approximate surface area is 118 Å². The monoisotopic (exact) mass is 328 g/mol. The summed E-state index contributed by atoms with van der Waals surface area (Å²) in [6.45, 7) is 1.95. The van der Waals surface area contributed by atoms with Crippen LogP contribution in [0.1, 0.15) is 5.56 Å². The van der Waals surface area contributed by atoms with E-state index in [-0.39, 0.29) is 6.01 Å². The zero-order valence-corrected chi connectivity index (χ0v) is 12.1. The average molecular weight is 330 g/mol. The highest BCUT2D eigenvalue weighted by molar-refractivity contribution is 9.10. The molecule has 0 spiro atoms. The van der Waals surface area contributed by atoms with Gasteiger partial charge < -0.3 is 9.47 Å². The van der Waals surface area contributed by atoms with E-state index in [1.165, 1.54) is 7.11 Å². The molecule has 0 radical (unpaired) electrons. The van der Waals surface area contributed by atoms with Crippen LogP contribution in [0.25, 0.3) is 0 Å². The van der Waals surface area contributed by atoms with Crippen LogP contribution in [-0.4, -0.2) is 17.1 Å². The first-order chi connectivity index (χ1) is 8.60. The topological polar surface area (TPSA) is 44.2 Å². The Bertz CT molecular complexity index is 578. The first-order valence-electron chi connectivity index (χ1n) is 5.10. The maximum atomic E-state index is 6.06. The second-order valence-corrected chi connectivity index (χ2v) is 4.81. The van der Waals surface area contributed by atoms with E-state index in [2.05, 4.69) is 25.9 Å². The summed E-state index contributed by atoms with van der Waals surface area (Å²) in [6, 6.07) is 5.67. The minimum Gasteiger partial charge on any atom is -0.480 e. The molecule has 0 fully saturated rings. The van der Waals surface area contributed by atoms with Crippen molar-refractivity contribution < 1.29 is 9.47 Å². The molecule has 1 aromatic carbocycles. The minimum atomic E-state index is 0.181. The van der Waals surface area contributed by atoms with Gasteiger partial charge in [0.2, 0.25) is 5.88 Å². The lowest BCUT2D eigenvalue weighted by Gasteiger charge is -2.08. The summed E-state index contributed by atoms with van der Waals surface area (Å²) in [5.74, 6) is 0.912. The Morgan fingerprint density at radius 2 is 2.11 bits per heavy atom. The number of hydrogen-bond donors (Lipinski definition) is 0. The molecule has 0 saturated carbocycles. The van der Waals surface area contributed by atoms with Crippen molar-refractivity contribution >= 4 is 27.5 Å². The van der Waals surface area contributed by atoms with Gasteiger partial charge in [0.1, 0.15) is 5.75 Å². The van der Waals surface area contributed by atoms with Crippen LogP contribution < -0.4 is 9.47 Å². The van der Waals surface area contributed by atoms with E-state index < -0.39 is 0 Å². The number of ether oxygens (including phenoxy) is 2. The highest BCUT2D eigenvalue weighted by atomic mass is 79.9. The van der Waals surface area contributed by atoms with E-state index in [0.717, 1.165) is 5.56 Å². The second-order valence-electron chi connectivity index (χ2n) is 3.55. The molecule has 0 amide bonds. The van der Waals surface area contributed by atoms with Gasteiger partial charge in [0.25, 0.3) is 0 Å². The van der Waals surface area contributed by atoms with Gasteiger partial charge in [-0.3, -0.25) is 0 Å². The van der Waals surface area contributed by atoms with Gasteiger partial charge in [0.15, 0.2) is 0 Å². The molecule has 94 valence electrons. The van der Waals surface area contributed by atoms with Crippen LogP contribution in [-0.2, 0) is 0 Å². The highest BCUT2D eigenvalue weighted by Crippen LogP contribution is 2.30.